The Morgan fingerprint density at radius 1 is 1.12 bits per heavy atom. The van der Waals surface area contributed by atoms with Crippen molar-refractivity contribution in [2.75, 3.05) is 5.32 Å². The molecule has 0 amide bonds. The Hall–Kier alpha value is -3.17. The number of benzene rings is 1. The summed E-state index contributed by atoms with van der Waals surface area (Å²) in [6, 6.07) is 3.36. The van der Waals surface area contributed by atoms with Gasteiger partial charge in [-0.2, -0.15) is 13.9 Å². The van der Waals surface area contributed by atoms with Gasteiger partial charge in [-0.1, -0.05) is 6.07 Å². The first kappa shape index (κ1) is 14.4. The Morgan fingerprint density at radius 3 is 2.58 bits per heavy atom. The zero-order chi connectivity index (χ0) is 16.8. The molecule has 24 heavy (non-hydrogen) atoms. The Bertz CT molecular complexity index is 938. The van der Waals surface area contributed by atoms with Gasteiger partial charge < -0.3 is 5.32 Å². The van der Waals surface area contributed by atoms with Crippen molar-refractivity contribution in [1.82, 2.24) is 20.0 Å². The van der Waals surface area contributed by atoms with E-state index in [0.717, 1.165) is 18.3 Å². The average molecular weight is 336 g/mol. The van der Waals surface area contributed by atoms with Gasteiger partial charge in [-0.15, -0.1) is 5.10 Å². The number of aromatic amines is 1. The van der Waals surface area contributed by atoms with Gasteiger partial charge in [-0.05, 0) is 12.1 Å². The summed E-state index contributed by atoms with van der Waals surface area (Å²) in [5.74, 6) is -1.99. The molecule has 0 bridgehead atoms. The monoisotopic (exact) mass is 336 g/mol. The van der Waals surface area contributed by atoms with E-state index in [1.807, 2.05) is 0 Å². The second kappa shape index (κ2) is 5.18. The largest absolute Gasteiger partial charge is 0.336 e. The molecule has 0 atom stereocenters. The number of aromatic nitrogens is 4. The average Bonchev–Trinajstić information content (AvgIpc) is 3.11. The van der Waals surface area contributed by atoms with E-state index in [-0.39, 0.29) is 17.2 Å². The molecule has 10 heteroatoms. The third-order valence-electron chi connectivity index (χ3n) is 3.49. The highest BCUT2D eigenvalue weighted by molar-refractivity contribution is 6.12. The number of alkyl halides is 2. The highest BCUT2D eigenvalue weighted by atomic mass is 19.3. The van der Waals surface area contributed by atoms with Crippen LogP contribution in [-0.2, 0) is 0 Å². The predicted molar refractivity (Wildman–Crippen MR) is 77.2 cm³/mol. The van der Waals surface area contributed by atoms with Gasteiger partial charge in [0.25, 0.3) is 0 Å². The van der Waals surface area contributed by atoms with Crippen molar-refractivity contribution in [1.29, 1.82) is 0 Å². The zero-order valence-electron chi connectivity index (χ0n) is 11.8. The molecule has 2 N–H and O–H groups in total. The van der Waals surface area contributed by atoms with Crippen molar-refractivity contribution in [2.24, 2.45) is 4.99 Å². The summed E-state index contributed by atoms with van der Waals surface area (Å²) < 4.78 is 54.3. The Labute approximate surface area is 131 Å². The van der Waals surface area contributed by atoms with Gasteiger partial charge in [-0.3, -0.25) is 5.10 Å². The summed E-state index contributed by atoms with van der Waals surface area (Å²) in [5, 5.41) is 12.9. The summed E-state index contributed by atoms with van der Waals surface area (Å²) in [4.78, 5) is 4.03. The van der Waals surface area contributed by atoms with Crippen molar-refractivity contribution < 1.29 is 17.6 Å². The van der Waals surface area contributed by atoms with Crippen LogP contribution in [0.3, 0.4) is 0 Å². The molecule has 0 unspecified atom stereocenters. The molecule has 0 saturated heterocycles. The van der Waals surface area contributed by atoms with Gasteiger partial charge >= 0.3 is 6.55 Å². The molecule has 1 aliphatic heterocycles. The number of hydrogen-bond acceptors (Lipinski definition) is 4. The van der Waals surface area contributed by atoms with Gasteiger partial charge in [0.15, 0.2) is 5.82 Å². The molecule has 3 aromatic rings. The maximum Gasteiger partial charge on any atom is 0.333 e. The highest BCUT2D eigenvalue weighted by Crippen LogP contribution is 2.37. The number of hydrogen-bond donors (Lipinski definition) is 2. The van der Waals surface area contributed by atoms with Gasteiger partial charge in [0.1, 0.15) is 17.5 Å². The van der Waals surface area contributed by atoms with Crippen molar-refractivity contribution in [3.05, 3.63) is 47.8 Å². The van der Waals surface area contributed by atoms with E-state index >= 15 is 0 Å². The first-order chi connectivity index (χ1) is 11.5. The summed E-state index contributed by atoms with van der Waals surface area (Å²) in [7, 11) is 0. The van der Waals surface area contributed by atoms with Crippen LogP contribution in [0.15, 0.2) is 35.6 Å². The molecule has 2 aromatic heterocycles. The van der Waals surface area contributed by atoms with Crippen molar-refractivity contribution in [3.63, 3.8) is 0 Å². The first-order valence-corrected chi connectivity index (χ1v) is 6.75. The third-order valence-corrected chi connectivity index (χ3v) is 3.49. The van der Waals surface area contributed by atoms with Crippen molar-refractivity contribution >= 4 is 17.3 Å². The maximum absolute atomic E-state index is 14.0. The van der Waals surface area contributed by atoms with E-state index in [4.69, 9.17) is 0 Å². The fourth-order valence-electron chi connectivity index (χ4n) is 2.43. The molecular formula is C14H8F4N6. The minimum Gasteiger partial charge on any atom is -0.336 e. The second-order valence-electron chi connectivity index (χ2n) is 4.96. The number of halogens is 4. The quantitative estimate of drug-likeness (QED) is 0.704. The van der Waals surface area contributed by atoms with E-state index in [0.29, 0.717) is 16.1 Å². The Morgan fingerprint density at radius 2 is 1.88 bits per heavy atom. The number of fused-ring (bicyclic) bond motifs is 3. The van der Waals surface area contributed by atoms with Crippen LogP contribution < -0.4 is 5.32 Å². The second-order valence-corrected chi connectivity index (χ2v) is 4.96. The molecule has 0 radical (unpaired) electrons. The summed E-state index contributed by atoms with van der Waals surface area (Å²) in [6.07, 6.45) is 2.45. The van der Waals surface area contributed by atoms with E-state index < -0.39 is 23.7 Å². The zero-order valence-corrected chi connectivity index (χ0v) is 11.8. The SMILES string of the molecule is Fc1cccc(F)c1C1=Nc2nn(C(F)F)cc2-c2[nH]ncc2N1. The smallest absolute Gasteiger partial charge is 0.333 e. The highest BCUT2D eigenvalue weighted by Gasteiger charge is 2.26. The van der Waals surface area contributed by atoms with Crippen LogP contribution in [-0.4, -0.2) is 25.8 Å². The number of nitrogens with one attached hydrogen (secondary N) is 2. The normalized spacial score (nSPS) is 13.1. The van der Waals surface area contributed by atoms with Crippen LogP contribution >= 0.6 is 0 Å². The van der Waals surface area contributed by atoms with E-state index in [1.54, 1.807) is 0 Å². The van der Waals surface area contributed by atoms with Crippen LogP contribution in [0.1, 0.15) is 12.1 Å². The fraction of sp³-hybridized carbons (Fsp3) is 0.0714. The summed E-state index contributed by atoms with van der Waals surface area (Å²) >= 11 is 0. The minimum absolute atomic E-state index is 0.108. The molecule has 0 aliphatic carbocycles. The van der Waals surface area contributed by atoms with E-state index in [2.05, 4.69) is 25.6 Å². The lowest BCUT2D eigenvalue weighted by molar-refractivity contribution is 0.0569. The van der Waals surface area contributed by atoms with Crippen LogP contribution in [0.2, 0.25) is 0 Å². The summed E-state index contributed by atoms with van der Waals surface area (Å²) in [6.45, 7) is -2.87. The number of H-pyrrole nitrogens is 1. The number of rotatable bonds is 2. The number of anilines is 1. The van der Waals surface area contributed by atoms with E-state index in [9.17, 15) is 17.6 Å². The van der Waals surface area contributed by atoms with Crippen LogP contribution in [0.4, 0.5) is 29.1 Å². The molecular weight excluding hydrogens is 328 g/mol. The Balaban J connectivity index is 1.96. The summed E-state index contributed by atoms with van der Waals surface area (Å²) in [5.41, 5.74) is 0.502. The lowest BCUT2D eigenvalue weighted by Crippen LogP contribution is -2.16. The van der Waals surface area contributed by atoms with Gasteiger partial charge in [-0.25, -0.2) is 18.5 Å². The molecule has 122 valence electrons. The maximum atomic E-state index is 14.0. The van der Waals surface area contributed by atoms with Crippen molar-refractivity contribution in [3.8, 4) is 11.3 Å². The molecule has 1 aliphatic rings. The molecule has 0 saturated carbocycles. The minimum atomic E-state index is -2.87. The molecule has 0 spiro atoms. The molecule has 6 nitrogen and oxygen atoms in total. The first-order valence-electron chi connectivity index (χ1n) is 6.75. The van der Waals surface area contributed by atoms with E-state index in [1.165, 1.54) is 12.3 Å². The van der Waals surface area contributed by atoms with Crippen LogP contribution in [0.5, 0.6) is 0 Å². The number of nitrogens with zero attached hydrogens (tertiary/aromatic N) is 4. The number of amidine groups is 1. The third kappa shape index (κ3) is 2.14. The Kier molecular flexibility index (Phi) is 3.12. The van der Waals surface area contributed by atoms with Crippen LogP contribution in [0, 0.1) is 11.6 Å². The predicted octanol–water partition coefficient (Wildman–Crippen LogP) is 3.45. The lowest BCUT2D eigenvalue weighted by Gasteiger charge is -2.09. The topological polar surface area (TPSA) is 70.9 Å². The lowest BCUT2D eigenvalue weighted by atomic mass is 10.1. The van der Waals surface area contributed by atoms with Gasteiger partial charge in [0, 0.05) is 6.20 Å². The molecule has 1 aromatic carbocycles. The molecule has 4 rings (SSSR count). The standard InChI is InChI=1S/C14H8F4N6/c15-7-2-1-3-8(16)10(7)13-20-9-4-19-22-11(9)6-5-24(14(17)18)23-12(6)21-13/h1-5,14H,(H,19,22)(H,20,21,23). The van der Waals surface area contributed by atoms with Crippen molar-refractivity contribution in [2.45, 2.75) is 6.55 Å². The van der Waals surface area contributed by atoms with Gasteiger partial charge in [0.2, 0.25) is 0 Å². The van der Waals surface area contributed by atoms with Crippen LogP contribution in [0.25, 0.3) is 11.3 Å². The molecule has 0 fully saturated rings. The fourth-order valence-corrected chi connectivity index (χ4v) is 2.43. The van der Waals surface area contributed by atoms with Gasteiger partial charge in [0.05, 0.1) is 28.7 Å². The molecule has 3 heterocycles. The number of aliphatic imine (C=N–C) groups is 1.